The summed E-state index contributed by atoms with van der Waals surface area (Å²) in [4.78, 5) is 10.8. The third-order valence-corrected chi connectivity index (χ3v) is 3.29. The minimum absolute atomic E-state index is 0.591. The highest BCUT2D eigenvalue weighted by atomic mass is 16.5. The van der Waals surface area contributed by atoms with Gasteiger partial charge in [0.05, 0.1) is 7.11 Å². The number of aromatic nitrogens is 2. The normalized spacial score (nSPS) is 15.2. The highest BCUT2D eigenvalue weighted by Crippen LogP contribution is 2.35. The Morgan fingerprint density at radius 3 is 2.76 bits per heavy atom. The van der Waals surface area contributed by atoms with Crippen LogP contribution in [0.2, 0.25) is 0 Å². The largest absolute Gasteiger partial charge is 0.490 e. The maximum Gasteiger partial charge on any atom is 0.204 e. The van der Waals surface area contributed by atoms with Gasteiger partial charge in [-0.05, 0) is 26.2 Å². The van der Waals surface area contributed by atoms with E-state index >= 15 is 0 Å². The molecule has 1 saturated carbocycles. The second-order valence-corrected chi connectivity index (χ2v) is 4.31. The van der Waals surface area contributed by atoms with Crippen molar-refractivity contribution in [3.8, 4) is 5.75 Å². The average molecular weight is 236 g/mol. The van der Waals surface area contributed by atoms with Crippen molar-refractivity contribution in [2.45, 2.75) is 32.2 Å². The maximum absolute atomic E-state index is 5.44. The molecular weight excluding hydrogens is 216 g/mol. The van der Waals surface area contributed by atoms with E-state index < -0.39 is 0 Å². The molecule has 0 radical (unpaired) electrons. The SMILES string of the molecule is CCNc1ncnc(N(C)C2CCC2)c1OC. The van der Waals surface area contributed by atoms with Gasteiger partial charge in [-0.25, -0.2) is 9.97 Å². The Kier molecular flexibility index (Phi) is 3.66. The number of anilines is 2. The van der Waals surface area contributed by atoms with Gasteiger partial charge in [-0.15, -0.1) is 0 Å². The molecule has 1 aliphatic rings. The molecule has 1 aliphatic carbocycles. The van der Waals surface area contributed by atoms with Crippen LogP contribution in [0.15, 0.2) is 6.33 Å². The summed E-state index contributed by atoms with van der Waals surface area (Å²) < 4.78 is 5.44. The summed E-state index contributed by atoms with van der Waals surface area (Å²) in [5.41, 5.74) is 0. The highest BCUT2D eigenvalue weighted by Gasteiger charge is 2.26. The lowest BCUT2D eigenvalue weighted by Gasteiger charge is -2.36. The Labute approximate surface area is 102 Å². The van der Waals surface area contributed by atoms with Crippen molar-refractivity contribution in [1.29, 1.82) is 0 Å². The molecule has 1 heterocycles. The molecule has 1 fully saturated rings. The lowest BCUT2D eigenvalue weighted by atomic mass is 9.92. The fraction of sp³-hybridized carbons (Fsp3) is 0.667. The van der Waals surface area contributed by atoms with Gasteiger partial charge in [-0.1, -0.05) is 0 Å². The zero-order chi connectivity index (χ0) is 12.3. The Morgan fingerprint density at radius 2 is 2.24 bits per heavy atom. The zero-order valence-corrected chi connectivity index (χ0v) is 10.7. The molecule has 94 valence electrons. The van der Waals surface area contributed by atoms with E-state index in [4.69, 9.17) is 4.74 Å². The molecule has 1 aromatic heterocycles. The predicted octanol–water partition coefficient (Wildman–Crippen LogP) is 1.91. The van der Waals surface area contributed by atoms with Crippen molar-refractivity contribution in [1.82, 2.24) is 9.97 Å². The molecule has 17 heavy (non-hydrogen) atoms. The van der Waals surface area contributed by atoms with Gasteiger partial charge < -0.3 is 15.0 Å². The molecular formula is C12H20N4O. The maximum atomic E-state index is 5.44. The molecule has 0 atom stereocenters. The molecule has 0 spiro atoms. The molecule has 0 aromatic carbocycles. The first kappa shape index (κ1) is 12.0. The zero-order valence-electron chi connectivity index (χ0n) is 10.7. The monoisotopic (exact) mass is 236 g/mol. The Hall–Kier alpha value is -1.52. The molecule has 2 rings (SSSR count). The molecule has 0 amide bonds. The highest BCUT2D eigenvalue weighted by molar-refractivity contribution is 5.64. The number of methoxy groups -OCH3 is 1. The molecule has 0 unspecified atom stereocenters. The standard InChI is InChI=1S/C12H20N4O/c1-4-13-11-10(17-3)12(15-8-14-11)16(2)9-6-5-7-9/h8-9H,4-7H2,1-3H3,(H,13,14,15). The first-order valence-corrected chi connectivity index (χ1v) is 6.13. The van der Waals surface area contributed by atoms with Gasteiger partial charge in [0.25, 0.3) is 0 Å². The van der Waals surface area contributed by atoms with Crippen LogP contribution in [-0.4, -0.2) is 36.7 Å². The topological polar surface area (TPSA) is 50.3 Å². The van der Waals surface area contributed by atoms with Gasteiger partial charge in [-0.2, -0.15) is 0 Å². The summed E-state index contributed by atoms with van der Waals surface area (Å²) in [5, 5.41) is 3.19. The Morgan fingerprint density at radius 1 is 1.47 bits per heavy atom. The molecule has 5 heteroatoms. The van der Waals surface area contributed by atoms with Gasteiger partial charge in [0.1, 0.15) is 6.33 Å². The molecule has 5 nitrogen and oxygen atoms in total. The molecule has 1 N–H and O–H groups in total. The lowest BCUT2D eigenvalue weighted by Crippen LogP contribution is -2.37. The van der Waals surface area contributed by atoms with E-state index in [9.17, 15) is 0 Å². The number of hydrogen-bond acceptors (Lipinski definition) is 5. The first-order valence-electron chi connectivity index (χ1n) is 6.13. The second-order valence-electron chi connectivity index (χ2n) is 4.31. The van der Waals surface area contributed by atoms with E-state index in [2.05, 4.69) is 27.2 Å². The van der Waals surface area contributed by atoms with Crippen LogP contribution >= 0.6 is 0 Å². The molecule has 1 aromatic rings. The fourth-order valence-corrected chi connectivity index (χ4v) is 2.04. The number of ether oxygens (including phenoxy) is 1. The number of hydrogen-bond donors (Lipinski definition) is 1. The van der Waals surface area contributed by atoms with Crippen molar-refractivity contribution in [2.75, 3.05) is 30.9 Å². The van der Waals surface area contributed by atoms with Crippen molar-refractivity contribution in [2.24, 2.45) is 0 Å². The van der Waals surface area contributed by atoms with Crippen molar-refractivity contribution in [3.05, 3.63) is 6.33 Å². The van der Waals surface area contributed by atoms with Crippen LogP contribution in [0.5, 0.6) is 5.75 Å². The fourth-order valence-electron chi connectivity index (χ4n) is 2.04. The quantitative estimate of drug-likeness (QED) is 0.846. The van der Waals surface area contributed by atoms with E-state index in [1.165, 1.54) is 19.3 Å². The van der Waals surface area contributed by atoms with Crippen molar-refractivity contribution < 1.29 is 4.74 Å². The van der Waals surface area contributed by atoms with Crippen LogP contribution in [0.4, 0.5) is 11.6 Å². The van der Waals surface area contributed by atoms with Gasteiger partial charge in [0.15, 0.2) is 11.6 Å². The van der Waals surface area contributed by atoms with Crippen LogP contribution in [0.25, 0.3) is 0 Å². The summed E-state index contributed by atoms with van der Waals surface area (Å²) in [6.07, 6.45) is 5.37. The Bertz CT molecular complexity index is 379. The lowest BCUT2D eigenvalue weighted by molar-refractivity contribution is 0.383. The van der Waals surface area contributed by atoms with Crippen LogP contribution in [0.1, 0.15) is 26.2 Å². The summed E-state index contributed by atoms with van der Waals surface area (Å²) >= 11 is 0. The van der Waals surface area contributed by atoms with Crippen molar-refractivity contribution in [3.63, 3.8) is 0 Å². The van der Waals surface area contributed by atoms with Crippen molar-refractivity contribution >= 4 is 11.6 Å². The summed E-state index contributed by atoms with van der Waals surface area (Å²) in [7, 11) is 3.74. The average Bonchev–Trinajstić information content (AvgIpc) is 2.26. The number of rotatable bonds is 5. The van der Waals surface area contributed by atoms with Crippen LogP contribution in [-0.2, 0) is 0 Å². The minimum Gasteiger partial charge on any atom is -0.490 e. The van der Waals surface area contributed by atoms with Gasteiger partial charge >= 0.3 is 0 Å². The molecule has 0 saturated heterocycles. The van der Waals surface area contributed by atoms with E-state index in [1.54, 1.807) is 13.4 Å². The number of nitrogens with zero attached hydrogens (tertiary/aromatic N) is 3. The summed E-state index contributed by atoms with van der Waals surface area (Å²) in [6.45, 7) is 2.86. The van der Waals surface area contributed by atoms with Crippen LogP contribution in [0.3, 0.4) is 0 Å². The second kappa shape index (κ2) is 5.21. The third kappa shape index (κ3) is 2.28. The molecule has 0 bridgehead atoms. The summed E-state index contributed by atoms with van der Waals surface area (Å²) in [6, 6.07) is 0.591. The summed E-state index contributed by atoms with van der Waals surface area (Å²) in [5.74, 6) is 2.39. The van der Waals surface area contributed by atoms with Gasteiger partial charge in [0, 0.05) is 19.6 Å². The van der Waals surface area contributed by atoms with Crippen LogP contribution in [0, 0.1) is 0 Å². The van der Waals surface area contributed by atoms with E-state index in [0.717, 1.165) is 23.9 Å². The van der Waals surface area contributed by atoms with Gasteiger partial charge in [0.2, 0.25) is 5.75 Å². The predicted molar refractivity (Wildman–Crippen MR) is 68.8 cm³/mol. The minimum atomic E-state index is 0.591. The first-order chi connectivity index (χ1) is 8.27. The van der Waals surface area contributed by atoms with E-state index in [-0.39, 0.29) is 0 Å². The molecule has 0 aliphatic heterocycles. The van der Waals surface area contributed by atoms with Gasteiger partial charge in [-0.3, -0.25) is 0 Å². The Balaban J connectivity index is 2.28. The van der Waals surface area contributed by atoms with Crippen LogP contribution < -0.4 is 15.0 Å². The van der Waals surface area contributed by atoms with E-state index in [0.29, 0.717) is 6.04 Å². The third-order valence-electron chi connectivity index (χ3n) is 3.29. The van der Waals surface area contributed by atoms with E-state index in [1.807, 2.05) is 6.92 Å². The number of nitrogens with one attached hydrogen (secondary N) is 1. The smallest absolute Gasteiger partial charge is 0.204 e.